The summed E-state index contributed by atoms with van der Waals surface area (Å²) in [6.45, 7) is -0.514. The van der Waals surface area contributed by atoms with Gasteiger partial charge in [-0.1, -0.05) is 35.1 Å². The third-order valence-electron chi connectivity index (χ3n) is 2.69. The van der Waals surface area contributed by atoms with Crippen LogP contribution >= 0.6 is 22.9 Å². The highest BCUT2D eigenvalue weighted by molar-refractivity contribution is 7.17. The third kappa shape index (κ3) is 4.48. The number of halogens is 4. The van der Waals surface area contributed by atoms with Gasteiger partial charge >= 0.3 is 12.1 Å². The van der Waals surface area contributed by atoms with Crippen LogP contribution in [0.4, 0.5) is 13.2 Å². The van der Waals surface area contributed by atoms with Gasteiger partial charge in [0.2, 0.25) is 5.88 Å². The molecule has 0 aromatic carbocycles. The van der Waals surface area contributed by atoms with Crippen molar-refractivity contribution in [1.29, 1.82) is 0 Å². The van der Waals surface area contributed by atoms with Gasteiger partial charge in [0.1, 0.15) is 6.61 Å². The van der Waals surface area contributed by atoms with Gasteiger partial charge in [-0.2, -0.15) is 18.2 Å². The van der Waals surface area contributed by atoms with Crippen LogP contribution in [0.3, 0.4) is 0 Å². The van der Waals surface area contributed by atoms with E-state index in [2.05, 4.69) is 10.7 Å². The number of alkyl halides is 3. The molecule has 1 aromatic heterocycles. The Kier molecular flexibility index (Phi) is 5.30. The summed E-state index contributed by atoms with van der Waals surface area (Å²) in [7, 11) is 0. The number of carboxylic acid groups (broad SMARTS) is 1. The molecule has 4 nitrogen and oxygen atoms in total. The van der Waals surface area contributed by atoms with E-state index < -0.39 is 24.3 Å². The molecule has 1 N–H and O–H groups in total. The molecule has 1 aliphatic carbocycles. The lowest BCUT2D eigenvalue weighted by atomic mass is 10.1. The van der Waals surface area contributed by atoms with Crippen LogP contribution in [0.2, 0.25) is 4.47 Å². The molecular formula is C14H9ClF3NO3S. The van der Waals surface area contributed by atoms with Crippen molar-refractivity contribution >= 4 is 28.9 Å². The van der Waals surface area contributed by atoms with Crippen LogP contribution in [-0.2, 0) is 0 Å². The maximum absolute atomic E-state index is 13.1. The van der Waals surface area contributed by atoms with E-state index in [1.54, 1.807) is 6.08 Å². The SMILES string of the molecule is O=C(O)c1sc(Cl)nc1OC/C1=C(C(F)(F)F)/C=C\CC=C=C1. The maximum Gasteiger partial charge on any atom is 0.416 e. The van der Waals surface area contributed by atoms with Gasteiger partial charge in [0, 0.05) is 5.57 Å². The Morgan fingerprint density at radius 3 is 2.91 bits per heavy atom. The summed E-state index contributed by atoms with van der Waals surface area (Å²) in [6.07, 6.45) is 0.784. The van der Waals surface area contributed by atoms with E-state index >= 15 is 0 Å². The largest absolute Gasteiger partial charge is 0.477 e. The molecule has 1 aromatic rings. The zero-order valence-corrected chi connectivity index (χ0v) is 12.9. The smallest absolute Gasteiger partial charge is 0.416 e. The number of thiazole rings is 1. The highest BCUT2D eigenvalue weighted by Gasteiger charge is 2.34. The molecule has 0 amide bonds. The molecule has 0 saturated heterocycles. The minimum atomic E-state index is -4.57. The first kappa shape index (κ1) is 17.3. The molecule has 0 unspecified atom stereocenters. The topological polar surface area (TPSA) is 59.4 Å². The van der Waals surface area contributed by atoms with Gasteiger partial charge in [0.25, 0.3) is 0 Å². The summed E-state index contributed by atoms with van der Waals surface area (Å²) in [5.74, 6) is -1.63. The van der Waals surface area contributed by atoms with Crippen LogP contribution < -0.4 is 4.74 Å². The molecule has 122 valence electrons. The number of carboxylic acids is 1. The zero-order chi connectivity index (χ0) is 17.0. The molecule has 0 spiro atoms. The highest BCUT2D eigenvalue weighted by atomic mass is 35.5. The summed E-state index contributed by atoms with van der Waals surface area (Å²) >= 11 is 6.28. The number of hydrogen-bond donors (Lipinski definition) is 1. The number of nitrogens with zero attached hydrogens (tertiary/aromatic N) is 1. The number of hydrogen-bond acceptors (Lipinski definition) is 4. The van der Waals surface area contributed by atoms with Crippen LogP contribution in [0.15, 0.2) is 41.2 Å². The number of aromatic carboxylic acids is 1. The van der Waals surface area contributed by atoms with E-state index in [0.717, 1.165) is 12.2 Å². The molecule has 1 aliphatic rings. The van der Waals surface area contributed by atoms with Gasteiger partial charge in [-0.15, -0.1) is 5.73 Å². The monoisotopic (exact) mass is 363 g/mol. The summed E-state index contributed by atoms with van der Waals surface area (Å²) in [5, 5.41) is 8.98. The molecule has 0 radical (unpaired) electrons. The summed E-state index contributed by atoms with van der Waals surface area (Å²) < 4.78 is 44.3. The predicted octanol–water partition coefficient (Wildman–Crippen LogP) is 4.40. The second-order valence-corrected chi connectivity index (χ2v) is 5.87. The Morgan fingerprint density at radius 2 is 2.26 bits per heavy atom. The van der Waals surface area contributed by atoms with E-state index in [-0.39, 0.29) is 20.8 Å². The lowest BCUT2D eigenvalue weighted by molar-refractivity contribution is -0.0891. The number of rotatable bonds is 4. The Morgan fingerprint density at radius 1 is 1.52 bits per heavy atom. The average Bonchev–Trinajstić information content (AvgIpc) is 2.77. The first-order valence-corrected chi connectivity index (χ1v) is 7.38. The minimum Gasteiger partial charge on any atom is -0.477 e. The lowest BCUT2D eigenvalue weighted by Gasteiger charge is -2.13. The molecular weight excluding hydrogens is 355 g/mol. The molecule has 0 saturated carbocycles. The molecule has 2 rings (SSSR count). The number of ether oxygens (including phenoxy) is 1. The molecule has 1 heterocycles. The molecule has 0 aliphatic heterocycles. The van der Waals surface area contributed by atoms with Crippen LogP contribution in [0.25, 0.3) is 0 Å². The molecule has 0 atom stereocenters. The van der Waals surface area contributed by atoms with Crippen molar-refractivity contribution in [1.82, 2.24) is 4.98 Å². The van der Waals surface area contributed by atoms with Gasteiger partial charge in [0.15, 0.2) is 9.34 Å². The van der Waals surface area contributed by atoms with Gasteiger partial charge < -0.3 is 9.84 Å². The van der Waals surface area contributed by atoms with E-state index in [4.69, 9.17) is 21.4 Å². The van der Waals surface area contributed by atoms with Gasteiger partial charge in [-0.05, 0) is 18.6 Å². The van der Waals surface area contributed by atoms with Crippen LogP contribution in [0.5, 0.6) is 5.88 Å². The summed E-state index contributed by atoms with van der Waals surface area (Å²) in [5.41, 5.74) is 1.55. The minimum absolute atomic E-state index is 0.0737. The Balaban J connectivity index is 2.32. The van der Waals surface area contributed by atoms with Crippen molar-refractivity contribution < 1.29 is 27.8 Å². The van der Waals surface area contributed by atoms with E-state index in [1.807, 2.05) is 0 Å². The van der Waals surface area contributed by atoms with Gasteiger partial charge in [0.05, 0.1) is 5.57 Å². The third-order valence-corrected chi connectivity index (χ3v) is 3.82. The fourth-order valence-corrected chi connectivity index (χ4v) is 2.61. The Bertz CT molecular complexity index is 743. The Labute approximate surface area is 137 Å². The summed E-state index contributed by atoms with van der Waals surface area (Å²) in [6, 6.07) is 0. The van der Waals surface area contributed by atoms with E-state index in [9.17, 15) is 18.0 Å². The van der Waals surface area contributed by atoms with Crippen molar-refractivity contribution in [2.45, 2.75) is 12.6 Å². The van der Waals surface area contributed by atoms with Crippen LogP contribution in [-0.4, -0.2) is 28.8 Å². The van der Waals surface area contributed by atoms with Crippen molar-refractivity contribution in [3.63, 3.8) is 0 Å². The van der Waals surface area contributed by atoms with E-state index in [0.29, 0.717) is 17.8 Å². The van der Waals surface area contributed by atoms with Crippen LogP contribution in [0, 0.1) is 0 Å². The standard InChI is InChI=1S/C14H9ClF3NO3S/c15-13-19-11(10(23-13)12(20)21)22-7-8-5-3-1-2-4-6-9(8)14(16,17)18/h1,4-6H,2,7H2,(H,20,21)/b6-4-,9-8-. The second-order valence-electron chi connectivity index (χ2n) is 4.28. The normalized spacial score (nSPS) is 19.3. The quantitative estimate of drug-likeness (QED) is 0.805. The molecule has 0 fully saturated rings. The lowest BCUT2D eigenvalue weighted by Crippen LogP contribution is -2.16. The van der Waals surface area contributed by atoms with Gasteiger partial charge in [-0.3, -0.25) is 0 Å². The first-order chi connectivity index (χ1) is 10.8. The first-order valence-electron chi connectivity index (χ1n) is 6.19. The number of aromatic nitrogens is 1. The number of allylic oxidation sites excluding steroid dienone is 3. The second kappa shape index (κ2) is 7.04. The maximum atomic E-state index is 13.1. The van der Waals surface area contributed by atoms with Crippen molar-refractivity contribution in [2.24, 2.45) is 0 Å². The fraction of sp³-hybridized carbons (Fsp3) is 0.214. The molecule has 0 bridgehead atoms. The van der Waals surface area contributed by atoms with Crippen molar-refractivity contribution in [3.8, 4) is 5.88 Å². The fourth-order valence-electron chi connectivity index (χ4n) is 1.72. The Hall–Kier alpha value is -2.02. The summed E-state index contributed by atoms with van der Waals surface area (Å²) in [4.78, 5) is 14.4. The molecule has 9 heteroatoms. The van der Waals surface area contributed by atoms with Gasteiger partial charge in [-0.25, -0.2) is 4.79 Å². The van der Waals surface area contributed by atoms with Crippen molar-refractivity contribution in [3.05, 3.63) is 50.5 Å². The van der Waals surface area contributed by atoms with E-state index in [1.165, 1.54) is 6.08 Å². The number of carbonyl (C=O) groups is 1. The zero-order valence-electron chi connectivity index (χ0n) is 11.4. The predicted molar refractivity (Wildman–Crippen MR) is 79.1 cm³/mol. The van der Waals surface area contributed by atoms with Crippen molar-refractivity contribution in [2.75, 3.05) is 6.61 Å². The van der Waals surface area contributed by atoms with Crippen LogP contribution in [0.1, 0.15) is 16.1 Å². The highest BCUT2D eigenvalue weighted by Crippen LogP contribution is 2.32. The average molecular weight is 364 g/mol. The molecule has 23 heavy (non-hydrogen) atoms.